The van der Waals surface area contributed by atoms with Gasteiger partial charge in [-0.15, -0.1) is 0 Å². The summed E-state index contributed by atoms with van der Waals surface area (Å²) in [7, 11) is 1.96. The Labute approximate surface area is 155 Å². The van der Waals surface area contributed by atoms with E-state index in [1.807, 2.05) is 43.3 Å². The van der Waals surface area contributed by atoms with Crippen molar-refractivity contribution in [2.24, 2.45) is 0 Å². The number of methoxy groups -OCH3 is 1. The van der Waals surface area contributed by atoms with E-state index >= 15 is 0 Å². The van der Waals surface area contributed by atoms with E-state index in [1.54, 1.807) is 31.4 Å². The van der Waals surface area contributed by atoms with Crippen LogP contribution in [-0.4, -0.2) is 53.6 Å². The van der Waals surface area contributed by atoms with E-state index in [0.29, 0.717) is 25.4 Å². The van der Waals surface area contributed by atoms with Crippen LogP contribution in [0.15, 0.2) is 53.4 Å². The van der Waals surface area contributed by atoms with Gasteiger partial charge in [0, 0.05) is 32.9 Å². The van der Waals surface area contributed by atoms with Crippen LogP contribution in [0.25, 0.3) is 0 Å². The van der Waals surface area contributed by atoms with Crippen LogP contribution in [-0.2, 0) is 14.8 Å². The Morgan fingerprint density at radius 1 is 1.08 bits per heavy atom. The summed E-state index contributed by atoms with van der Waals surface area (Å²) in [6.45, 7) is 1.02. The fourth-order valence-electron chi connectivity index (χ4n) is 2.93. The van der Waals surface area contributed by atoms with E-state index in [1.165, 1.54) is 4.31 Å². The molecule has 6 nitrogen and oxygen atoms in total. The smallest absolute Gasteiger partial charge is 0.243 e. The fraction of sp³-hybridized carbons (Fsp3) is 0.368. The third-order valence-electron chi connectivity index (χ3n) is 4.51. The van der Waals surface area contributed by atoms with Gasteiger partial charge in [-0.25, -0.2) is 8.42 Å². The molecular weight excluding hydrogens is 352 g/mol. The molecule has 1 heterocycles. The lowest BCUT2D eigenvalue weighted by Crippen LogP contribution is -2.42. The molecule has 26 heavy (non-hydrogen) atoms. The topological polar surface area (TPSA) is 59.1 Å². The maximum absolute atomic E-state index is 12.9. The number of ether oxygens (including phenoxy) is 2. The van der Waals surface area contributed by atoms with Crippen molar-refractivity contribution < 1.29 is 17.9 Å². The minimum absolute atomic E-state index is 0.266. The molecule has 0 aromatic heterocycles. The number of benzene rings is 2. The van der Waals surface area contributed by atoms with Crippen LogP contribution < -0.4 is 9.64 Å². The number of sulfonamides is 1. The molecule has 0 N–H and O–H groups in total. The standard InChI is InChI=1S/C19H24N2O4S/c1-20(2)16-6-4-15(5-7-16)19-14-21(12-13-25-19)26(22,23)18-10-8-17(24-3)9-11-18/h4-11,19H,12-14H2,1-3H3. The molecule has 1 saturated heterocycles. The zero-order valence-electron chi connectivity index (χ0n) is 15.3. The van der Waals surface area contributed by atoms with Crippen molar-refractivity contribution in [3.8, 4) is 5.75 Å². The van der Waals surface area contributed by atoms with Crippen LogP contribution in [0, 0.1) is 0 Å². The van der Waals surface area contributed by atoms with Gasteiger partial charge < -0.3 is 14.4 Å². The number of morpholine rings is 1. The van der Waals surface area contributed by atoms with Gasteiger partial charge in [0.15, 0.2) is 0 Å². The van der Waals surface area contributed by atoms with Gasteiger partial charge in [0.05, 0.1) is 24.7 Å². The normalized spacial score (nSPS) is 18.5. The number of anilines is 1. The largest absolute Gasteiger partial charge is 0.497 e. The second-order valence-electron chi connectivity index (χ2n) is 6.38. The Hall–Kier alpha value is -2.09. The van der Waals surface area contributed by atoms with Crippen molar-refractivity contribution >= 4 is 15.7 Å². The minimum Gasteiger partial charge on any atom is -0.497 e. The van der Waals surface area contributed by atoms with Crippen molar-refractivity contribution in [3.63, 3.8) is 0 Å². The van der Waals surface area contributed by atoms with Crippen LogP contribution in [0.3, 0.4) is 0 Å². The van der Waals surface area contributed by atoms with Gasteiger partial charge >= 0.3 is 0 Å². The second kappa shape index (κ2) is 7.65. The predicted molar refractivity (Wildman–Crippen MR) is 101 cm³/mol. The molecule has 0 radical (unpaired) electrons. The molecule has 1 aliphatic rings. The highest BCUT2D eigenvalue weighted by Gasteiger charge is 2.31. The van der Waals surface area contributed by atoms with Crippen molar-refractivity contribution in [1.82, 2.24) is 4.31 Å². The number of hydrogen-bond donors (Lipinski definition) is 0. The third-order valence-corrected chi connectivity index (χ3v) is 6.39. The van der Waals surface area contributed by atoms with Gasteiger partial charge in [-0.2, -0.15) is 4.31 Å². The van der Waals surface area contributed by atoms with Crippen molar-refractivity contribution in [2.75, 3.05) is 45.8 Å². The first-order chi connectivity index (χ1) is 12.4. The van der Waals surface area contributed by atoms with Gasteiger partial charge in [-0.1, -0.05) is 12.1 Å². The molecule has 2 aromatic rings. The zero-order valence-corrected chi connectivity index (χ0v) is 16.1. The van der Waals surface area contributed by atoms with Gasteiger partial charge in [0.2, 0.25) is 10.0 Å². The summed E-state index contributed by atoms with van der Waals surface area (Å²) in [4.78, 5) is 2.29. The van der Waals surface area contributed by atoms with Crippen molar-refractivity contribution in [1.29, 1.82) is 0 Å². The molecule has 1 unspecified atom stereocenters. The molecule has 0 bridgehead atoms. The van der Waals surface area contributed by atoms with Crippen LogP contribution >= 0.6 is 0 Å². The fourth-order valence-corrected chi connectivity index (χ4v) is 4.35. The highest BCUT2D eigenvalue weighted by Crippen LogP contribution is 2.28. The summed E-state index contributed by atoms with van der Waals surface area (Å²) in [6, 6.07) is 14.5. The maximum Gasteiger partial charge on any atom is 0.243 e. The molecule has 3 rings (SSSR count). The Kier molecular flexibility index (Phi) is 5.50. The minimum atomic E-state index is -3.56. The summed E-state index contributed by atoms with van der Waals surface area (Å²) < 4.78 is 38.3. The lowest BCUT2D eigenvalue weighted by molar-refractivity contribution is -0.00255. The summed E-state index contributed by atoms with van der Waals surface area (Å²) in [5.74, 6) is 0.629. The summed E-state index contributed by atoms with van der Waals surface area (Å²) in [5, 5.41) is 0. The summed E-state index contributed by atoms with van der Waals surface area (Å²) in [5.41, 5.74) is 2.07. The molecular formula is C19H24N2O4S. The summed E-state index contributed by atoms with van der Waals surface area (Å²) in [6.07, 6.45) is -0.270. The molecule has 2 aromatic carbocycles. The first-order valence-electron chi connectivity index (χ1n) is 8.45. The Morgan fingerprint density at radius 3 is 2.31 bits per heavy atom. The molecule has 0 saturated carbocycles. The third kappa shape index (κ3) is 3.85. The molecule has 0 spiro atoms. The molecule has 1 atom stereocenters. The molecule has 0 aliphatic carbocycles. The molecule has 1 aliphatic heterocycles. The number of rotatable bonds is 5. The van der Waals surface area contributed by atoms with Crippen LogP contribution in [0.5, 0.6) is 5.75 Å². The first-order valence-corrected chi connectivity index (χ1v) is 9.89. The van der Waals surface area contributed by atoms with Gasteiger partial charge in [-0.05, 0) is 42.0 Å². The molecule has 0 amide bonds. The van der Waals surface area contributed by atoms with E-state index in [4.69, 9.17) is 9.47 Å². The quantitative estimate of drug-likeness (QED) is 0.803. The Balaban J connectivity index is 1.78. The average molecular weight is 376 g/mol. The first kappa shape index (κ1) is 18.7. The van der Waals surface area contributed by atoms with Gasteiger partial charge in [0.1, 0.15) is 5.75 Å². The van der Waals surface area contributed by atoms with Crippen molar-refractivity contribution in [3.05, 3.63) is 54.1 Å². The Bertz CT molecular complexity index is 833. The van der Waals surface area contributed by atoms with E-state index in [-0.39, 0.29) is 11.0 Å². The van der Waals surface area contributed by atoms with E-state index in [9.17, 15) is 8.42 Å². The number of hydrogen-bond acceptors (Lipinski definition) is 5. The van der Waals surface area contributed by atoms with Gasteiger partial charge in [0.25, 0.3) is 0 Å². The molecule has 140 valence electrons. The van der Waals surface area contributed by atoms with Crippen molar-refractivity contribution in [2.45, 2.75) is 11.0 Å². The highest BCUT2D eigenvalue weighted by atomic mass is 32.2. The highest BCUT2D eigenvalue weighted by molar-refractivity contribution is 7.89. The predicted octanol–water partition coefficient (Wildman–Crippen LogP) is 2.52. The van der Waals surface area contributed by atoms with Crippen LogP contribution in [0.4, 0.5) is 5.69 Å². The average Bonchev–Trinajstić information content (AvgIpc) is 2.68. The maximum atomic E-state index is 12.9. The van der Waals surface area contributed by atoms with E-state index in [2.05, 4.69) is 0 Å². The SMILES string of the molecule is COc1ccc(S(=O)(=O)N2CCOC(c3ccc(N(C)C)cc3)C2)cc1. The molecule has 1 fully saturated rings. The van der Waals surface area contributed by atoms with Crippen LogP contribution in [0.1, 0.15) is 11.7 Å². The zero-order chi connectivity index (χ0) is 18.7. The molecule has 7 heteroatoms. The lowest BCUT2D eigenvalue weighted by atomic mass is 10.1. The monoisotopic (exact) mass is 376 g/mol. The summed E-state index contributed by atoms with van der Waals surface area (Å²) >= 11 is 0. The Morgan fingerprint density at radius 2 is 1.73 bits per heavy atom. The van der Waals surface area contributed by atoms with E-state index < -0.39 is 10.0 Å². The van der Waals surface area contributed by atoms with Gasteiger partial charge in [-0.3, -0.25) is 0 Å². The lowest BCUT2D eigenvalue weighted by Gasteiger charge is -2.32. The van der Waals surface area contributed by atoms with Crippen LogP contribution in [0.2, 0.25) is 0 Å². The van der Waals surface area contributed by atoms with E-state index in [0.717, 1.165) is 11.3 Å². The number of nitrogens with zero attached hydrogens (tertiary/aromatic N) is 2. The second-order valence-corrected chi connectivity index (χ2v) is 8.32.